The Labute approximate surface area is 212 Å². The quantitative estimate of drug-likeness (QED) is 0.351. The van der Waals surface area contributed by atoms with Gasteiger partial charge in [0, 0.05) is 24.1 Å². The van der Waals surface area contributed by atoms with E-state index in [9.17, 15) is 34.8 Å². The van der Waals surface area contributed by atoms with Crippen LogP contribution in [0.5, 0.6) is 11.5 Å². The number of benzene rings is 2. The number of carbonyl (C=O) groups is 3. The molecule has 1 saturated heterocycles. The molecule has 10 nitrogen and oxygen atoms in total. The second kappa shape index (κ2) is 9.62. The van der Waals surface area contributed by atoms with Gasteiger partial charge >= 0.3 is 11.9 Å². The zero-order chi connectivity index (χ0) is 27.2. The number of allylic oxidation sites excluding steroid dienone is 1. The van der Waals surface area contributed by atoms with Crippen molar-refractivity contribution in [2.45, 2.75) is 57.7 Å². The number of carbonyl (C=O) groups excluding carboxylic acids is 3. The molecule has 0 unspecified atom stereocenters. The van der Waals surface area contributed by atoms with Gasteiger partial charge < -0.3 is 34.6 Å². The standard InChI is InChI=1S/C27H28O10/c1-12(2)8-20(31)37-25-19(36-14(4)28)11-35-26(24(25)33)27(34)15-6-5-7-17(29)21(15)23(32)22-16(27)9-13(3)10-18(22)30/h5-10,19,24-26,29-30,33-34H,11H2,1-4H3/t19-,24+,25-,26-,27-/m0/s1. The second-order valence-corrected chi connectivity index (χ2v) is 9.52. The highest BCUT2D eigenvalue weighted by Gasteiger charge is 2.57. The molecule has 0 saturated carbocycles. The molecule has 0 bridgehead atoms. The molecule has 0 amide bonds. The van der Waals surface area contributed by atoms with E-state index in [1.165, 1.54) is 36.4 Å². The van der Waals surface area contributed by atoms with Gasteiger partial charge in [-0.25, -0.2) is 4.79 Å². The third kappa shape index (κ3) is 4.48. The van der Waals surface area contributed by atoms with Crippen LogP contribution in [-0.4, -0.2) is 69.2 Å². The van der Waals surface area contributed by atoms with Gasteiger partial charge in [0.05, 0.1) is 17.7 Å². The molecule has 1 aliphatic carbocycles. The van der Waals surface area contributed by atoms with Crippen LogP contribution in [0.2, 0.25) is 0 Å². The largest absolute Gasteiger partial charge is 0.507 e. The van der Waals surface area contributed by atoms with Crippen LogP contribution >= 0.6 is 0 Å². The maximum Gasteiger partial charge on any atom is 0.331 e. The van der Waals surface area contributed by atoms with Gasteiger partial charge in [-0.3, -0.25) is 9.59 Å². The number of rotatable bonds is 4. The summed E-state index contributed by atoms with van der Waals surface area (Å²) in [5.41, 5.74) is -1.83. The van der Waals surface area contributed by atoms with E-state index in [4.69, 9.17) is 14.2 Å². The van der Waals surface area contributed by atoms with Crippen molar-refractivity contribution < 1.29 is 49.0 Å². The first-order valence-electron chi connectivity index (χ1n) is 11.6. The number of phenols is 2. The number of fused-ring (bicyclic) bond motifs is 2. The predicted octanol–water partition coefficient (Wildman–Crippen LogP) is 1.76. The lowest BCUT2D eigenvalue weighted by atomic mass is 9.68. The minimum Gasteiger partial charge on any atom is -0.507 e. The van der Waals surface area contributed by atoms with Crippen LogP contribution in [0.3, 0.4) is 0 Å². The Morgan fingerprint density at radius 1 is 1.05 bits per heavy atom. The Hall–Kier alpha value is -3.73. The highest BCUT2D eigenvalue weighted by molar-refractivity contribution is 6.16. The van der Waals surface area contributed by atoms with Crippen LogP contribution < -0.4 is 0 Å². The molecule has 2 aromatic rings. The van der Waals surface area contributed by atoms with Crippen LogP contribution in [0.25, 0.3) is 0 Å². The summed E-state index contributed by atoms with van der Waals surface area (Å²) in [5, 5.41) is 45.0. The summed E-state index contributed by atoms with van der Waals surface area (Å²) in [7, 11) is 0. The Morgan fingerprint density at radius 3 is 2.38 bits per heavy atom. The van der Waals surface area contributed by atoms with Gasteiger partial charge in [-0.1, -0.05) is 23.8 Å². The van der Waals surface area contributed by atoms with E-state index >= 15 is 0 Å². The molecular weight excluding hydrogens is 484 g/mol. The fraction of sp³-hybridized carbons (Fsp3) is 0.370. The van der Waals surface area contributed by atoms with Crippen molar-refractivity contribution in [1.29, 1.82) is 0 Å². The average Bonchev–Trinajstić information content (AvgIpc) is 2.78. The smallest absolute Gasteiger partial charge is 0.331 e. The zero-order valence-corrected chi connectivity index (χ0v) is 20.7. The Kier molecular flexibility index (Phi) is 6.85. The third-order valence-corrected chi connectivity index (χ3v) is 6.42. The van der Waals surface area contributed by atoms with Crippen molar-refractivity contribution in [3.05, 3.63) is 69.8 Å². The summed E-state index contributed by atoms with van der Waals surface area (Å²) >= 11 is 0. The van der Waals surface area contributed by atoms with E-state index in [1.807, 2.05) is 0 Å². The monoisotopic (exact) mass is 512 g/mol. The highest BCUT2D eigenvalue weighted by atomic mass is 16.6. The van der Waals surface area contributed by atoms with Gasteiger partial charge in [0.15, 0.2) is 12.2 Å². The molecule has 0 aromatic heterocycles. The maximum atomic E-state index is 13.3. The lowest BCUT2D eigenvalue weighted by molar-refractivity contribution is -0.243. The molecule has 196 valence electrons. The second-order valence-electron chi connectivity index (χ2n) is 9.52. The fourth-order valence-corrected chi connectivity index (χ4v) is 5.00. The predicted molar refractivity (Wildman–Crippen MR) is 128 cm³/mol. The van der Waals surface area contributed by atoms with E-state index < -0.39 is 59.2 Å². The normalized spacial score (nSPS) is 26.5. The van der Waals surface area contributed by atoms with Crippen LogP contribution in [0.4, 0.5) is 0 Å². The van der Waals surface area contributed by atoms with Crippen molar-refractivity contribution in [1.82, 2.24) is 0 Å². The van der Waals surface area contributed by atoms with Crippen LogP contribution in [-0.2, 0) is 29.4 Å². The van der Waals surface area contributed by atoms with Gasteiger partial charge in [-0.2, -0.15) is 0 Å². The first-order chi connectivity index (χ1) is 17.4. The van der Waals surface area contributed by atoms with Crippen LogP contribution in [0.15, 0.2) is 42.0 Å². The number of esters is 2. The van der Waals surface area contributed by atoms with E-state index in [0.29, 0.717) is 11.1 Å². The molecule has 1 aliphatic heterocycles. The lowest BCUT2D eigenvalue weighted by Gasteiger charge is -2.48. The van der Waals surface area contributed by atoms with Crippen LogP contribution in [0.1, 0.15) is 53.4 Å². The Bertz CT molecular complexity index is 1310. The average molecular weight is 513 g/mol. The molecule has 4 rings (SSSR count). The molecule has 2 aliphatic rings. The van der Waals surface area contributed by atoms with Gasteiger partial charge in [-0.15, -0.1) is 0 Å². The zero-order valence-electron chi connectivity index (χ0n) is 20.7. The number of aliphatic hydroxyl groups excluding tert-OH is 1. The molecule has 37 heavy (non-hydrogen) atoms. The molecule has 1 fully saturated rings. The van der Waals surface area contributed by atoms with Gasteiger partial charge in [0.1, 0.15) is 29.3 Å². The summed E-state index contributed by atoms with van der Waals surface area (Å²) in [6.07, 6.45) is -4.79. The molecule has 0 spiro atoms. The fourth-order valence-electron chi connectivity index (χ4n) is 5.00. The Morgan fingerprint density at radius 2 is 1.73 bits per heavy atom. The van der Waals surface area contributed by atoms with Crippen LogP contribution in [0, 0.1) is 6.92 Å². The molecule has 1 heterocycles. The van der Waals surface area contributed by atoms with E-state index in [0.717, 1.165) is 6.92 Å². The summed E-state index contributed by atoms with van der Waals surface area (Å²) in [6.45, 7) is 5.76. The molecule has 5 atom stereocenters. The maximum absolute atomic E-state index is 13.3. The first-order valence-corrected chi connectivity index (χ1v) is 11.6. The van der Waals surface area contributed by atoms with E-state index in [-0.39, 0.29) is 28.9 Å². The molecule has 0 radical (unpaired) electrons. The molecule has 10 heteroatoms. The van der Waals surface area contributed by atoms with E-state index in [2.05, 4.69) is 0 Å². The van der Waals surface area contributed by atoms with Crippen molar-refractivity contribution in [3.8, 4) is 11.5 Å². The summed E-state index contributed by atoms with van der Waals surface area (Å²) in [6, 6.07) is 6.87. The number of hydrogen-bond acceptors (Lipinski definition) is 10. The third-order valence-electron chi connectivity index (χ3n) is 6.42. The number of aliphatic hydroxyl groups is 2. The molecule has 2 aromatic carbocycles. The Balaban J connectivity index is 1.89. The number of ketones is 1. The van der Waals surface area contributed by atoms with Crippen molar-refractivity contribution >= 4 is 17.7 Å². The highest BCUT2D eigenvalue weighted by Crippen LogP contribution is 2.50. The lowest BCUT2D eigenvalue weighted by Crippen LogP contribution is -2.63. The van der Waals surface area contributed by atoms with Gasteiger partial charge in [0.25, 0.3) is 0 Å². The summed E-state index contributed by atoms with van der Waals surface area (Å²) < 4.78 is 16.5. The summed E-state index contributed by atoms with van der Waals surface area (Å²) in [5.74, 6) is -3.10. The number of aromatic hydroxyl groups is 2. The molecular formula is C27H28O10. The van der Waals surface area contributed by atoms with Gasteiger partial charge in [-0.05, 0) is 38.5 Å². The first kappa shape index (κ1) is 26.3. The van der Waals surface area contributed by atoms with E-state index in [1.54, 1.807) is 20.8 Å². The minimum absolute atomic E-state index is 0.0579. The molecule has 4 N–H and O–H groups in total. The van der Waals surface area contributed by atoms with Gasteiger partial charge in [0.2, 0.25) is 5.78 Å². The van der Waals surface area contributed by atoms with Crippen molar-refractivity contribution in [2.24, 2.45) is 0 Å². The number of aryl methyl sites for hydroxylation is 1. The number of phenolic OH excluding ortho intramolecular Hbond substituents is 2. The number of hydrogen-bond donors (Lipinski definition) is 4. The summed E-state index contributed by atoms with van der Waals surface area (Å²) in [4.78, 5) is 37.5. The SMILES string of the molecule is CC(=O)O[C@H]1CO[C@H]([C@]2(O)c3cccc(O)c3C(=O)c3c(O)cc(C)cc32)[C@H](O)[C@H]1OC(=O)C=C(C)C. The minimum atomic E-state index is -2.29. The topological polar surface area (TPSA) is 160 Å². The van der Waals surface area contributed by atoms with Crippen molar-refractivity contribution in [2.75, 3.05) is 6.61 Å². The number of ether oxygens (including phenoxy) is 3. The van der Waals surface area contributed by atoms with Crippen molar-refractivity contribution in [3.63, 3.8) is 0 Å².